The quantitative estimate of drug-likeness (QED) is 0.311. The Kier molecular flexibility index (Phi) is 8.93. The van der Waals surface area contributed by atoms with Gasteiger partial charge in [-0.15, -0.1) is 0 Å². The van der Waals surface area contributed by atoms with E-state index in [9.17, 15) is 0 Å². The van der Waals surface area contributed by atoms with Gasteiger partial charge in [0.25, 0.3) is 0 Å². The Labute approximate surface area is 213 Å². The van der Waals surface area contributed by atoms with E-state index in [2.05, 4.69) is 119 Å². The fourth-order valence-electron chi connectivity index (χ4n) is 4.34. The summed E-state index contributed by atoms with van der Waals surface area (Å²) in [4.78, 5) is 0. The summed E-state index contributed by atoms with van der Waals surface area (Å²) < 4.78 is 0. The first-order chi connectivity index (χ1) is 15.6. The fraction of sp³-hybridized carbons (Fsp3) is 0.647. The van der Waals surface area contributed by atoms with Gasteiger partial charge in [0.05, 0.1) is 0 Å². The third-order valence-electron chi connectivity index (χ3n) is 9.35. The lowest BCUT2D eigenvalue weighted by Crippen LogP contribution is -2.21. The Balaban J connectivity index is 2.51. The monoisotopic (exact) mass is 462 g/mol. The predicted molar refractivity (Wildman–Crippen MR) is 154 cm³/mol. The van der Waals surface area contributed by atoms with Gasteiger partial charge >= 0.3 is 0 Å². The minimum atomic E-state index is 0.206. The van der Waals surface area contributed by atoms with E-state index in [1.54, 1.807) is 0 Å². The highest BCUT2D eigenvalue weighted by molar-refractivity contribution is 5.40. The normalized spacial score (nSPS) is 13.4. The molecule has 0 radical (unpaired) electrons. The molecule has 0 aliphatic heterocycles. The van der Waals surface area contributed by atoms with Crippen molar-refractivity contribution in [3.63, 3.8) is 0 Å². The molecule has 0 saturated carbocycles. The SMILES string of the molecule is CCC(C)(C)c1cc(CCc2cc(C(C)(C)CC)cc(C(C)(C)CC)c2)cc(C(C)(C)CC)c1. The maximum Gasteiger partial charge on any atom is -0.0106 e. The van der Waals surface area contributed by atoms with Crippen molar-refractivity contribution in [2.45, 2.75) is 143 Å². The van der Waals surface area contributed by atoms with Crippen LogP contribution in [0.25, 0.3) is 0 Å². The lowest BCUT2D eigenvalue weighted by molar-refractivity contribution is 0.486. The molecule has 0 amide bonds. The van der Waals surface area contributed by atoms with Crippen molar-refractivity contribution in [1.82, 2.24) is 0 Å². The summed E-state index contributed by atoms with van der Waals surface area (Å²) in [5.41, 5.74) is 9.80. The van der Waals surface area contributed by atoms with E-state index in [-0.39, 0.29) is 21.7 Å². The van der Waals surface area contributed by atoms with Gasteiger partial charge in [0.1, 0.15) is 0 Å². The molecule has 0 heterocycles. The van der Waals surface area contributed by atoms with Crippen molar-refractivity contribution in [1.29, 1.82) is 0 Å². The van der Waals surface area contributed by atoms with E-state index in [4.69, 9.17) is 0 Å². The molecule has 0 unspecified atom stereocenters. The van der Waals surface area contributed by atoms with Crippen LogP contribution in [0.15, 0.2) is 36.4 Å². The summed E-state index contributed by atoms with van der Waals surface area (Å²) in [5, 5.41) is 0. The largest absolute Gasteiger partial charge is 0.0646 e. The highest BCUT2D eigenvalue weighted by Gasteiger charge is 2.26. The van der Waals surface area contributed by atoms with Crippen molar-refractivity contribution in [2.24, 2.45) is 0 Å². The molecule has 0 aromatic heterocycles. The standard InChI is InChI=1S/C34H54/c1-13-31(5,6)27-19-25(20-28(23-27)32(7,8)14-2)17-18-26-21-29(33(9,10)15-3)24-30(22-26)34(11,12)16-4/h19-24H,13-18H2,1-12H3. The molecule has 34 heavy (non-hydrogen) atoms. The Morgan fingerprint density at radius 2 is 0.588 bits per heavy atom. The highest BCUT2D eigenvalue weighted by atomic mass is 14.3. The molecule has 0 aliphatic rings. The molecule has 0 bridgehead atoms. The lowest BCUT2D eigenvalue weighted by atomic mass is 9.74. The molecule has 2 rings (SSSR count). The number of benzene rings is 2. The van der Waals surface area contributed by atoms with Gasteiger partial charge in [-0.25, -0.2) is 0 Å². The van der Waals surface area contributed by atoms with Crippen LogP contribution in [0.4, 0.5) is 0 Å². The Morgan fingerprint density at radius 3 is 0.765 bits per heavy atom. The summed E-state index contributed by atoms with van der Waals surface area (Å²) in [6.45, 7) is 28.4. The molecule has 0 atom stereocenters. The third-order valence-corrected chi connectivity index (χ3v) is 9.35. The van der Waals surface area contributed by atoms with Crippen LogP contribution in [0.1, 0.15) is 142 Å². The maximum absolute atomic E-state index is 2.50. The summed E-state index contributed by atoms with van der Waals surface area (Å²) in [6.07, 6.45) is 6.83. The molecule has 2 aromatic carbocycles. The van der Waals surface area contributed by atoms with Crippen molar-refractivity contribution in [3.05, 3.63) is 69.8 Å². The van der Waals surface area contributed by atoms with E-state index in [1.807, 2.05) is 0 Å². The topological polar surface area (TPSA) is 0 Å². The highest BCUT2D eigenvalue weighted by Crippen LogP contribution is 2.36. The van der Waals surface area contributed by atoms with Gasteiger partial charge in [-0.1, -0.05) is 119 Å². The van der Waals surface area contributed by atoms with Crippen molar-refractivity contribution in [2.75, 3.05) is 0 Å². The molecule has 0 spiro atoms. The van der Waals surface area contributed by atoms with Gasteiger partial charge in [-0.3, -0.25) is 0 Å². The first-order valence-corrected chi connectivity index (χ1v) is 13.9. The first kappa shape index (κ1) is 28.7. The summed E-state index contributed by atoms with van der Waals surface area (Å²) in [7, 11) is 0. The van der Waals surface area contributed by atoms with Crippen LogP contribution in [0.2, 0.25) is 0 Å². The minimum absolute atomic E-state index is 0.206. The molecular formula is C34H54. The van der Waals surface area contributed by atoms with E-state index < -0.39 is 0 Å². The Hall–Kier alpha value is -1.56. The summed E-state index contributed by atoms with van der Waals surface area (Å²) >= 11 is 0. The van der Waals surface area contributed by atoms with Crippen LogP contribution < -0.4 is 0 Å². The number of aryl methyl sites for hydroxylation is 2. The van der Waals surface area contributed by atoms with Crippen LogP contribution >= 0.6 is 0 Å². The molecule has 0 aliphatic carbocycles. The zero-order valence-electron chi connectivity index (χ0n) is 24.7. The van der Waals surface area contributed by atoms with Gasteiger partial charge in [0.15, 0.2) is 0 Å². The van der Waals surface area contributed by atoms with Crippen LogP contribution in [-0.2, 0) is 34.5 Å². The van der Waals surface area contributed by atoms with Crippen LogP contribution in [0.5, 0.6) is 0 Å². The second-order valence-electron chi connectivity index (χ2n) is 13.3. The average Bonchev–Trinajstić information content (AvgIpc) is 2.82. The number of hydrogen-bond acceptors (Lipinski definition) is 0. The molecule has 0 N–H and O–H groups in total. The molecule has 0 nitrogen and oxygen atoms in total. The van der Waals surface area contributed by atoms with Gasteiger partial charge < -0.3 is 0 Å². The minimum Gasteiger partial charge on any atom is -0.0646 e. The molecule has 0 fully saturated rings. The third kappa shape index (κ3) is 6.56. The second kappa shape index (κ2) is 10.6. The molecule has 0 heteroatoms. The van der Waals surface area contributed by atoms with E-state index in [0.717, 1.165) is 38.5 Å². The zero-order chi connectivity index (χ0) is 25.9. The first-order valence-electron chi connectivity index (χ1n) is 13.9. The summed E-state index contributed by atoms with van der Waals surface area (Å²) in [6, 6.07) is 15.0. The smallest absolute Gasteiger partial charge is 0.0106 e. The molecule has 0 saturated heterocycles. The van der Waals surface area contributed by atoms with E-state index >= 15 is 0 Å². The number of rotatable bonds is 11. The molecular weight excluding hydrogens is 408 g/mol. The summed E-state index contributed by atoms with van der Waals surface area (Å²) in [5.74, 6) is 0. The van der Waals surface area contributed by atoms with Gasteiger partial charge in [0, 0.05) is 0 Å². The molecule has 2 aromatic rings. The van der Waals surface area contributed by atoms with Crippen LogP contribution in [0, 0.1) is 0 Å². The van der Waals surface area contributed by atoms with Crippen molar-refractivity contribution in [3.8, 4) is 0 Å². The van der Waals surface area contributed by atoms with Crippen LogP contribution in [-0.4, -0.2) is 0 Å². The fourth-order valence-corrected chi connectivity index (χ4v) is 4.34. The van der Waals surface area contributed by atoms with Gasteiger partial charge in [-0.2, -0.15) is 0 Å². The zero-order valence-corrected chi connectivity index (χ0v) is 24.7. The van der Waals surface area contributed by atoms with Crippen molar-refractivity contribution < 1.29 is 0 Å². The predicted octanol–water partition coefficient (Wildman–Crippen LogP) is 10.2. The lowest BCUT2D eigenvalue weighted by Gasteiger charge is -2.30. The van der Waals surface area contributed by atoms with Crippen LogP contribution in [0.3, 0.4) is 0 Å². The second-order valence-corrected chi connectivity index (χ2v) is 13.3. The van der Waals surface area contributed by atoms with Crippen molar-refractivity contribution >= 4 is 0 Å². The number of hydrogen-bond donors (Lipinski definition) is 0. The van der Waals surface area contributed by atoms with Gasteiger partial charge in [-0.05, 0) is 93.6 Å². The Bertz CT molecular complexity index is 804. The molecule has 190 valence electrons. The van der Waals surface area contributed by atoms with E-state index in [0.29, 0.717) is 0 Å². The van der Waals surface area contributed by atoms with E-state index in [1.165, 1.54) is 33.4 Å². The van der Waals surface area contributed by atoms with Gasteiger partial charge in [0.2, 0.25) is 0 Å². The Morgan fingerprint density at radius 1 is 0.382 bits per heavy atom. The average molecular weight is 463 g/mol. The maximum atomic E-state index is 2.50.